The fraction of sp³-hybridized carbons (Fsp3) is 0.455. The molecule has 1 heterocycles. The zero-order valence-corrected chi connectivity index (χ0v) is 17.7. The first-order chi connectivity index (χ1) is 14.5. The predicted octanol–water partition coefficient (Wildman–Crippen LogP) is 3.65. The van der Waals surface area contributed by atoms with E-state index in [0.717, 1.165) is 30.7 Å². The minimum absolute atomic E-state index is 0.0189. The van der Waals surface area contributed by atoms with E-state index >= 15 is 0 Å². The van der Waals surface area contributed by atoms with E-state index in [-0.39, 0.29) is 17.0 Å². The Hall–Kier alpha value is -2.45. The number of carbonyl (C=O) groups excluding carboxylic acids is 1. The van der Waals surface area contributed by atoms with Crippen LogP contribution in [0.25, 0.3) is 0 Å². The van der Waals surface area contributed by atoms with E-state index in [1.807, 2.05) is 12.1 Å². The van der Waals surface area contributed by atoms with Crippen molar-refractivity contribution in [1.82, 2.24) is 15.0 Å². The van der Waals surface area contributed by atoms with Crippen molar-refractivity contribution in [2.75, 3.05) is 5.32 Å². The molecule has 2 aliphatic carbocycles. The van der Waals surface area contributed by atoms with Gasteiger partial charge in [-0.15, -0.1) is 0 Å². The van der Waals surface area contributed by atoms with Crippen LogP contribution in [-0.4, -0.2) is 25.5 Å². The van der Waals surface area contributed by atoms with Gasteiger partial charge in [0.15, 0.2) is 0 Å². The Morgan fingerprint density at radius 3 is 2.60 bits per heavy atom. The number of nitrogens with one attached hydrogen (secondary N) is 3. The molecule has 1 aromatic heterocycles. The van der Waals surface area contributed by atoms with Gasteiger partial charge in [0.2, 0.25) is 10.0 Å². The standard InChI is InChI=1S/C22H28N4O3S/c27-22(24-15-16-3-2-12-23-14-16)25-19-8-10-21(11-9-19)30(28,29)26-20-7-6-17-4-1-5-18(17)13-20/h2-3,8-12,14,17-18,20,26H,1,4-7,13,15H2,(H2,24,25,27). The summed E-state index contributed by atoms with van der Waals surface area (Å²) >= 11 is 0. The summed E-state index contributed by atoms with van der Waals surface area (Å²) in [6, 6.07) is 9.60. The first kappa shape index (κ1) is 20.8. The number of carbonyl (C=O) groups is 1. The fourth-order valence-electron chi connectivity index (χ4n) is 4.67. The molecule has 2 aromatic rings. The molecule has 2 amide bonds. The van der Waals surface area contributed by atoms with E-state index in [4.69, 9.17) is 0 Å². The van der Waals surface area contributed by atoms with Crippen LogP contribution in [0.3, 0.4) is 0 Å². The van der Waals surface area contributed by atoms with Gasteiger partial charge >= 0.3 is 6.03 Å². The minimum atomic E-state index is -3.57. The van der Waals surface area contributed by atoms with Gasteiger partial charge in [0, 0.05) is 30.7 Å². The summed E-state index contributed by atoms with van der Waals surface area (Å²) in [6.07, 6.45) is 10.1. The molecule has 0 bridgehead atoms. The van der Waals surface area contributed by atoms with E-state index in [1.165, 1.54) is 31.4 Å². The molecule has 160 valence electrons. The van der Waals surface area contributed by atoms with E-state index in [0.29, 0.717) is 18.2 Å². The Labute approximate surface area is 177 Å². The summed E-state index contributed by atoms with van der Waals surface area (Å²) in [5, 5.41) is 5.46. The van der Waals surface area contributed by atoms with Crippen LogP contribution in [0.4, 0.5) is 10.5 Å². The van der Waals surface area contributed by atoms with Gasteiger partial charge in [-0.2, -0.15) is 0 Å². The van der Waals surface area contributed by atoms with Gasteiger partial charge in [0.05, 0.1) is 4.90 Å². The summed E-state index contributed by atoms with van der Waals surface area (Å²) in [6.45, 7) is 0.360. The summed E-state index contributed by atoms with van der Waals surface area (Å²) < 4.78 is 28.4. The van der Waals surface area contributed by atoms with Crippen LogP contribution in [-0.2, 0) is 16.6 Å². The molecule has 0 radical (unpaired) electrons. The zero-order chi connectivity index (χ0) is 21.0. The number of rotatable bonds is 6. The number of sulfonamides is 1. The number of pyridine rings is 1. The van der Waals surface area contributed by atoms with Crippen LogP contribution in [0.1, 0.15) is 44.1 Å². The maximum atomic E-state index is 12.8. The Morgan fingerprint density at radius 1 is 1.03 bits per heavy atom. The van der Waals surface area contributed by atoms with Crippen molar-refractivity contribution in [3.05, 3.63) is 54.4 Å². The molecule has 0 aliphatic heterocycles. The van der Waals surface area contributed by atoms with Crippen molar-refractivity contribution in [2.24, 2.45) is 11.8 Å². The van der Waals surface area contributed by atoms with Crippen LogP contribution < -0.4 is 15.4 Å². The van der Waals surface area contributed by atoms with Gasteiger partial charge in [0.25, 0.3) is 0 Å². The minimum Gasteiger partial charge on any atom is -0.334 e. The second-order valence-electron chi connectivity index (χ2n) is 8.28. The number of urea groups is 1. The molecule has 2 aliphatic rings. The van der Waals surface area contributed by atoms with Crippen LogP contribution in [0.5, 0.6) is 0 Å². The second kappa shape index (κ2) is 9.14. The van der Waals surface area contributed by atoms with Crippen molar-refractivity contribution < 1.29 is 13.2 Å². The normalized spacial score (nSPS) is 23.5. The molecule has 2 fully saturated rings. The highest BCUT2D eigenvalue weighted by atomic mass is 32.2. The number of fused-ring (bicyclic) bond motifs is 1. The van der Waals surface area contributed by atoms with Crippen LogP contribution >= 0.6 is 0 Å². The molecular weight excluding hydrogens is 400 g/mol. The van der Waals surface area contributed by atoms with Gasteiger partial charge in [-0.3, -0.25) is 4.98 Å². The summed E-state index contributed by atoms with van der Waals surface area (Å²) in [5.74, 6) is 1.46. The third-order valence-corrected chi connectivity index (χ3v) is 7.75. The van der Waals surface area contributed by atoms with Gasteiger partial charge in [-0.1, -0.05) is 25.3 Å². The molecule has 7 nitrogen and oxygen atoms in total. The highest BCUT2D eigenvalue weighted by Gasteiger charge is 2.35. The highest BCUT2D eigenvalue weighted by Crippen LogP contribution is 2.42. The smallest absolute Gasteiger partial charge is 0.319 e. The lowest BCUT2D eigenvalue weighted by Gasteiger charge is -2.32. The van der Waals surface area contributed by atoms with Crippen molar-refractivity contribution in [3.63, 3.8) is 0 Å². The summed E-state index contributed by atoms with van der Waals surface area (Å²) in [5.41, 5.74) is 1.43. The average Bonchev–Trinajstić information content (AvgIpc) is 3.21. The predicted molar refractivity (Wildman–Crippen MR) is 115 cm³/mol. The van der Waals surface area contributed by atoms with Crippen LogP contribution in [0.15, 0.2) is 53.7 Å². The number of nitrogens with zero attached hydrogens (tertiary/aromatic N) is 1. The van der Waals surface area contributed by atoms with Crippen molar-refractivity contribution in [2.45, 2.75) is 56.0 Å². The molecule has 4 rings (SSSR count). The lowest BCUT2D eigenvalue weighted by atomic mass is 9.79. The van der Waals surface area contributed by atoms with Gasteiger partial charge in [0.1, 0.15) is 0 Å². The molecule has 3 N–H and O–H groups in total. The van der Waals surface area contributed by atoms with Gasteiger partial charge < -0.3 is 10.6 Å². The first-order valence-electron chi connectivity index (χ1n) is 10.6. The number of amides is 2. The van der Waals surface area contributed by atoms with E-state index < -0.39 is 10.0 Å². The van der Waals surface area contributed by atoms with E-state index in [1.54, 1.807) is 24.5 Å². The van der Waals surface area contributed by atoms with Gasteiger partial charge in [-0.25, -0.2) is 17.9 Å². The zero-order valence-electron chi connectivity index (χ0n) is 16.9. The first-order valence-corrected chi connectivity index (χ1v) is 12.0. The van der Waals surface area contributed by atoms with Crippen molar-refractivity contribution >= 4 is 21.7 Å². The van der Waals surface area contributed by atoms with E-state index in [2.05, 4.69) is 20.3 Å². The Bertz CT molecular complexity index is 964. The quantitative estimate of drug-likeness (QED) is 0.654. The highest BCUT2D eigenvalue weighted by molar-refractivity contribution is 7.89. The van der Waals surface area contributed by atoms with E-state index in [9.17, 15) is 13.2 Å². The number of aromatic nitrogens is 1. The Morgan fingerprint density at radius 2 is 1.83 bits per heavy atom. The van der Waals surface area contributed by atoms with Crippen molar-refractivity contribution in [3.8, 4) is 0 Å². The van der Waals surface area contributed by atoms with Gasteiger partial charge in [-0.05, 0) is 67.0 Å². The molecular formula is C22H28N4O3S. The lowest BCUT2D eigenvalue weighted by molar-refractivity contribution is 0.242. The topological polar surface area (TPSA) is 100 Å². The number of hydrogen-bond acceptors (Lipinski definition) is 4. The average molecular weight is 429 g/mol. The second-order valence-corrected chi connectivity index (χ2v) is 9.99. The molecule has 30 heavy (non-hydrogen) atoms. The largest absolute Gasteiger partial charge is 0.334 e. The number of anilines is 1. The number of hydrogen-bond donors (Lipinski definition) is 3. The molecule has 1 aromatic carbocycles. The number of benzene rings is 1. The maximum Gasteiger partial charge on any atom is 0.319 e. The third-order valence-electron chi connectivity index (χ3n) is 6.21. The molecule has 2 saturated carbocycles. The van der Waals surface area contributed by atoms with Crippen LogP contribution in [0, 0.1) is 11.8 Å². The molecule has 0 spiro atoms. The maximum absolute atomic E-state index is 12.8. The Kier molecular flexibility index (Phi) is 6.34. The molecule has 8 heteroatoms. The molecule has 3 unspecified atom stereocenters. The summed E-state index contributed by atoms with van der Waals surface area (Å²) in [7, 11) is -3.57. The summed E-state index contributed by atoms with van der Waals surface area (Å²) in [4.78, 5) is 16.3. The third kappa shape index (κ3) is 5.17. The lowest BCUT2D eigenvalue weighted by Crippen LogP contribution is -2.39. The SMILES string of the molecule is O=C(NCc1cccnc1)Nc1ccc(S(=O)(=O)NC2CCC3CCCC3C2)cc1. The van der Waals surface area contributed by atoms with Crippen LogP contribution in [0.2, 0.25) is 0 Å². The molecule has 3 atom stereocenters. The fourth-order valence-corrected chi connectivity index (χ4v) is 5.96. The Balaban J connectivity index is 1.30. The monoisotopic (exact) mass is 428 g/mol. The molecule has 0 saturated heterocycles. The van der Waals surface area contributed by atoms with Crippen molar-refractivity contribution in [1.29, 1.82) is 0 Å².